The monoisotopic (exact) mass is 312 g/mol. The van der Waals surface area contributed by atoms with E-state index >= 15 is 0 Å². The summed E-state index contributed by atoms with van der Waals surface area (Å²) in [5.74, 6) is 0. The fraction of sp³-hybridized carbons (Fsp3) is 0. The van der Waals surface area contributed by atoms with Crippen molar-refractivity contribution in [2.45, 2.75) is 0 Å². The first kappa shape index (κ1) is 8.84. The van der Waals surface area contributed by atoms with Gasteiger partial charge in [-0.05, 0) is 34.7 Å². The average Bonchev–Trinajstić information content (AvgIpc) is 2.66. The molecule has 0 aliphatic heterocycles. The number of hydrogen-bond acceptors (Lipinski definition) is 3. The number of nitrogens with zero attached hydrogens (tertiary/aromatic N) is 3. The van der Waals surface area contributed by atoms with Gasteiger partial charge in [-0.2, -0.15) is 14.6 Å². The summed E-state index contributed by atoms with van der Waals surface area (Å²) >= 11 is 2.21. The van der Waals surface area contributed by atoms with Crippen LogP contribution in [0.3, 0.4) is 0 Å². The average molecular weight is 312 g/mol. The Balaban J connectivity index is 2.74. The van der Waals surface area contributed by atoms with Crippen molar-refractivity contribution in [1.82, 2.24) is 19.6 Å². The SMILES string of the molecule is O=c1nc2cccc(I)c2c2[nH]cnn12. The fourth-order valence-corrected chi connectivity index (χ4v) is 2.32. The van der Waals surface area contributed by atoms with E-state index in [1.807, 2.05) is 18.2 Å². The first-order valence-electron chi connectivity index (χ1n) is 4.28. The molecule has 0 aliphatic carbocycles. The van der Waals surface area contributed by atoms with Crippen LogP contribution in [0.25, 0.3) is 16.6 Å². The molecule has 74 valence electrons. The second-order valence-electron chi connectivity index (χ2n) is 3.08. The van der Waals surface area contributed by atoms with Gasteiger partial charge in [-0.15, -0.1) is 0 Å². The lowest BCUT2D eigenvalue weighted by Crippen LogP contribution is -2.17. The summed E-state index contributed by atoms with van der Waals surface area (Å²) in [6.45, 7) is 0. The molecule has 0 amide bonds. The van der Waals surface area contributed by atoms with Crippen LogP contribution in [0, 0.1) is 3.57 Å². The van der Waals surface area contributed by atoms with E-state index in [4.69, 9.17) is 0 Å². The number of hydrogen-bond donors (Lipinski definition) is 1. The molecule has 15 heavy (non-hydrogen) atoms. The highest BCUT2D eigenvalue weighted by molar-refractivity contribution is 14.1. The minimum absolute atomic E-state index is 0.360. The molecular weight excluding hydrogens is 307 g/mol. The van der Waals surface area contributed by atoms with Gasteiger partial charge in [0.25, 0.3) is 0 Å². The van der Waals surface area contributed by atoms with Crippen molar-refractivity contribution in [1.29, 1.82) is 0 Å². The third-order valence-electron chi connectivity index (χ3n) is 2.21. The number of nitrogens with one attached hydrogen (secondary N) is 1. The molecule has 1 aromatic carbocycles. The molecule has 3 aromatic rings. The lowest BCUT2D eigenvalue weighted by atomic mass is 10.2. The third-order valence-corrected chi connectivity index (χ3v) is 3.11. The summed E-state index contributed by atoms with van der Waals surface area (Å²) in [7, 11) is 0. The summed E-state index contributed by atoms with van der Waals surface area (Å²) in [5.41, 5.74) is 1.02. The second-order valence-corrected chi connectivity index (χ2v) is 4.24. The number of benzene rings is 1. The van der Waals surface area contributed by atoms with Crippen LogP contribution in [0.1, 0.15) is 0 Å². The summed E-state index contributed by atoms with van der Waals surface area (Å²) < 4.78 is 2.31. The molecular formula is C9H5IN4O. The molecule has 0 saturated heterocycles. The zero-order valence-corrected chi connectivity index (χ0v) is 9.59. The maximum Gasteiger partial charge on any atom is 0.370 e. The van der Waals surface area contributed by atoms with Gasteiger partial charge in [-0.1, -0.05) is 6.07 Å². The molecule has 0 saturated carbocycles. The lowest BCUT2D eigenvalue weighted by Gasteiger charge is -2.00. The summed E-state index contributed by atoms with van der Waals surface area (Å²) in [5, 5.41) is 4.82. The van der Waals surface area contributed by atoms with Crippen molar-refractivity contribution in [2.24, 2.45) is 0 Å². The molecule has 3 rings (SSSR count). The molecule has 0 aliphatic rings. The quantitative estimate of drug-likeness (QED) is 0.634. The summed E-state index contributed by atoms with van der Waals surface area (Å²) in [4.78, 5) is 18.4. The maximum absolute atomic E-state index is 11.5. The molecule has 5 nitrogen and oxygen atoms in total. The van der Waals surface area contributed by atoms with Gasteiger partial charge < -0.3 is 4.98 Å². The van der Waals surface area contributed by atoms with Crippen LogP contribution in [-0.2, 0) is 0 Å². The first-order chi connectivity index (χ1) is 7.27. The molecule has 6 heteroatoms. The summed E-state index contributed by atoms with van der Waals surface area (Å²) in [6, 6.07) is 5.67. The van der Waals surface area contributed by atoms with Crippen molar-refractivity contribution in [2.75, 3.05) is 0 Å². The minimum atomic E-state index is -0.360. The fourth-order valence-electron chi connectivity index (χ4n) is 1.58. The summed E-state index contributed by atoms with van der Waals surface area (Å²) in [6.07, 6.45) is 1.49. The number of halogens is 1. The Morgan fingerprint density at radius 3 is 3.13 bits per heavy atom. The van der Waals surface area contributed by atoms with Gasteiger partial charge in [-0.3, -0.25) is 0 Å². The highest BCUT2D eigenvalue weighted by atomic mass is 127. The number of H-pyrrole nitrogens is 1. The predicted octanol–water partition coefficient (Wildman–Crippen LogP) is 1.18. The molecule has 0 fully saturated rings. The highest BCUT2D eigenvalue weighted by Crippen LogP contribution is 2.20. The van der Waals surface area contributed by atoms with Gasteiger partial charge >= 0.3 is 5.69 Å². The Kier molecular flexibility index (Phi) is 1.78. The number of rotatable bonds is 0. The van der Waals surface area contributed by atoms with Gasteiger partial charge in [0.05, 0.1) is 10.9 Å². The van der Waals surface area contributed by atoms with Crippen LogP contribution >= 0.6 is 22.6 Å². The normalized spacial score (nSPS) is 11.3. The first-order valence-corrected chi connectivity index (χ1v) is 5.36. The maximum atomic E-state index is 11.5. The van der Waals surface area contributed by atoms with Crippen LogP contribution in [0.15, 0.2) is 29.3 Å². The Bertz CT molecular complexity index is 715. The highest BCUT2D eigenvalue weighted by Gasteiger charge is 2.08. The van der Waals surface area contributed by atoms with E-state index in [1.165, 1.54) is 10.8 Å². The van der Waals surface area contributed by atoms with Crippen LogP contribution < -0.4 is 5.69 Å². The molecule has 1 N–H and O–H groups in total. The van der Waals surface area contributed by atoms with Crippen LogP contribution in [0.2, 0.25) is 0 Å². The topological polar surface area (TPSA) is 63.0 Å². The van der Waals surface area contributed by atoms with Crippen molar-refractivity contribution < 1.29 is 0 Å². The van der Waals surface area contributed by atoms with E-state index in [0.29, 0.717) is 11.2 Å². The standard InChI is InChI=1S/C9H5IN4O/c10-5-2-1-3-6-7(5)8-11-4-12-14(8)9(15)13-6/h1-4H,(H,11,12). The van der Waals surface area contributed by atoms with Crippen molar-refractivity contribution >= 4 is 39.1 Å². The van der Waals surface area contributed by atoms with E-state index in [-0.39, 0.29) is 5.69 Å². The van der Waals surface area contributed by atoms with Crippen LogP contribution in [0.5, 0.6) is 0 Å². The lowest BCUT2D eigenvalue weighted by molar-refractivity contribution is 0.881. The zero-order chi connectivity index (χ0) is 10.4. The van der Waals surface area contributed by atoms with E-state index < -0.39 is 0 Å². The van der Waals surface area contributed by atoms with Crippen molar-refractivity contribution in [3.63, 3.8) is 0 Å². The van der Waals surface area contributed by atoms with Gasteiger partial charge in [0, 0.05) is 3.57 Å². The predicted molar refractivity (Wildman–Crippen MR) is 63.8 cm³/mol. The van der Waals surface area contributed by atoms with E-state index in [1.54, 1.807) is 0 Å². The Morgan fingerprint density at radius 2 is 2.27 bits per heavy atom. The molecule has 0 radical (unpaired) electrons. The minimum Gasteiger partial charge on any atom is -0.329 e. The number of aromatic nitrogens is 4. The van der Waals surface area contributed by atoms with E-state index in [9.17, 15) is 4.79 Å². The largest absolute Gasteiger partial charge is 0.370 e. The van der Waals surface area contributed by atoms with E-state index in [2.05, 4.69) is 37.7 Å². The van der Waals surface area contributed by atoms with E-state index in [0.717, 1.165) is 8.96 Å². The van der Waals surface area contributed by atoms with Crippen molar-refractivity contribution in [3.8, 4) is 0 Å². The smallest absolute Gasteiger partial charge is 0.329 e. The Morgan fingerprint density at radius 1 is 1.40 bits per heavy atom. The molecule has 0 spiro atoms. The molecule has 2 aromatic heterocycles. The second kappa shape index (κ2) is 3.02. The van der Waals surface area contributed by atoms with Gasteiger partial charge in [-0.25, -0.2) is 4.79 Å². The zero-order valence-electron chi connectivity index (χ0n) is 7.44. The van der Waals surface area contributed by atoms with Crippen molar-refractivity contribution in [3.05, 3.63) is 38.6 Å². The van der Waals surface area contributed by atoms with Gasteiger partial charge in [0.1, 0.15) is 12.0 Å². The molecule has 2 heterocycles. The number of fused-ring (bicyclic) bond motifs is 3. The molecule has 0 bridgehead atoms. The Hall–Kier alpha value is -1.44. The molecule has 0 atom stereocenters. The molecule has 0 unspecified atom stereocenters. The third kappa shape index (κ3) is 1.17. The van der Waals surface area contributed by atoms with Gasteiger partial charge in [0.2, 0.25) is 0 Å². The van der Waals surface area contributed by atoms with Crippen LogP contribution in [-0.4, -0.2) is 19.6 Å². The van der Waals surface area contributed by atoms with Gasteiger partial charge in [0.15, 0.2) is 0 Å². The Labute approximate surface area is 97.3 Å². The number of aromatic amines is 1. The van der Waals surface area contributed by atoms with Crippen LogP contribution in [0.4, 0.5) is 0 Å².